The van der Waals surface area contributed by atoms with Crippen molar-refractivity contribution in [2.24, 2.45) is 5.84 Å². The van der Waals surface area contributed by atoms with Crippen LogP contribution in [0, 0.1) is 0 Å². The van der Waals surface area contributed by atoms with Crippen molar-refractivity contribution in [3.63, 3.8) is 0 Å². The summed E-state index contributed by atoms with van der Waals surface area (Å²) in [5.41, 5.74) is 2.44. The number of hydrazine groups is 1. The zero-order valence-corrected chi connectivity index (χ0v) is 12.5. The lowest BCUT2D eigenvalue weighted by Gasteiger charge is -2.52. The molecule has 19 heavy (non-hydrogen) atoms. The molecule has 0 unspecified atom stereocenters. The predicted octanol–water partition coefficient (Wildman–Crippen LogP) is 1.46. The van der Waals surface area contributed by atoms with Crippen LogP contribution in [-0.2, 0) is 19.7 Å². The molecule has 0 spiro atoms. The van der Waals surface area contributed by atoms with Crippen LogP contribution in [0.25, 0.3) is 0 Å². The van der Waals surface area contributed by atoms with Crippen LogP contribution >= 0.6 is 15.9 Å². The van der Waals surface area contributed by atoms with Gasteiger partial charge >= 0.3 is 0 Å². The van der Waals surface area contributed by atoms with Gasteiger partial charge in [-0.15, -0.1) is 0 Å². The van der Waals surface area contributed by atoms with Crippen LogP contribution in [-0.4, -0.2) is 25.9 Å². The minimum absolute atomic E-state index is 0.227. The molecule has 0 aromatic heterocycles. The Balaban J connectivity index is 2.37. The van der Waals surface area contributed by atoms with Gasteiger partial charge in [-0.1, -0.05) is 28.1 Å². The van der Waals surface area contributed by atoms with Crippen molar-refractivity contribution in [2.45, 2.75) is 24.0 Å². The number of benzene rings is 1. The van der Waals surface area contributed by atoms with Crippen molar-refractivity contribution < 1.29 is 14.3 Å². The number of hydrogen-bond donors (Lipinski definition) is 2. The Morgan fingerprint density at radius 2 is 2.00 bits per heavy atom. The maximum atomic E-state index is 12.2. The van der Waals surface area contributed by atoms with Gasteiger partial charge in [-0.2, -0.15) is 0 Å². The number of ether oxygens (including phenoxy) is 2. The molecule has 1 aliphatic carbocycles. The Bertz CT molecular complexity index is 481. The quantitative estimate of drug-likeness (QED) is 0.380. The normalized spacial score (nSPS) is 19.6. The van der Waals surface area contributed by atoms with E-state index in [1.165, 1.54) is 0 Å². The Hall–Kier alpha value is -0.950. The second-order valence-corrected chi connectivity index (χ2v) is 5.65. The Morgan fingerprint density at radius 1 is 1.37 bits per heavy atom. The summed E-state index contributed by atoms with van der Waals surface area (Å²) in [5, 5.41) is 0. The average Bonchev–Trinajstić information content (AvgIpc) is 2.39. The number of nitrogens with two attached hydrogens (primary N) is 1. The van der Waals surface area contributed by atoms with Gasteiger partial charge < -0.3 is 9.47 Å². The van der Waals surface area contributed by atoms with E-state index in [1.807, 2.05) is 24.3 Å². The van der Waals surface area contributed by atoms with Gasteiger partial charge in [0.1, 0.15) is 0 Å². The van der Waals surface area contributed by atoms with Gasteiger partial charge in [-0.3, -0.25) is 10.2 Å². The molecule has 0 saturated heterocycles. The standard InChI is InChI=1S/C13H17BrN2O3/c1-18-13(19-2)7-12(8-13,11(17)16-15)9-4-3-5-10(14)6-9/h3-6H,7-8,15H2,1-2H3,(H,16,17). The molecule has 2 rings (SSSR count). The zero-order valence-electron chi connectivity index (χ0n) is 10.9. The number of carbonyl (C=O) groups excluding carboxylic acids is 1. The van der Waals surface area contributed by atoms with Crippen LogP contribution in [0.15, 0.2) is 28.7 Å². The first-order valence-electron chi connectivity index (χ1n) is 5.89. The molecule has 0 heterocycles. The SMILES string of the molecule is COC1(OC)CC(C(=O)NN)(c2cccc(Br)c2)C1. The predicted molar refractivity (Wildman–Crippen MR) is 74.1 cm³/mol. The molecule has 1 aliphatic rings. The maximum Gasteiger partial charge on any atom is 0.244 e. The van der Waals surface area contributed by atoms with Gasteiger partial charge in [0.2, 0.25) is 5.91 Å². The summed E-state index contributed by atoms with van der Waals surface area (Å²) in [6.45, 7) is 0. The lowest BCUT2D eigenvalue weighted by molar-refractivity contribution is -0.274. The average molecular weight is 329 g/mol. The molecule has 1 amide bonds. The number of halogens is 1. The summed E-state index contributed by atoms with van der Waals surface area (Å²) < 4.78 is 11.7. The van der Waals surface area contributed by atoms with Crippen LogP contribution in [0.3, 0.4) is 0 Å². The third kappa shape index (κ3) is 2.29. The first-order chi connectivity index (χ1) is 9.02. The Morgan fingerprint density at radius 3 is 2.47 bits per heavy atom. The van der Waals surface area contributed by atoms with Crippen molar-refractivity contribution in [3.05, 3.63) is 34.3 Å². The van der Waals surface area contributed by atoms with Crippen molar-refractivity contribution in [1.82, 2.24) is 5.43 Å². The van der Waals surface area contributed by atoms with Gasteiger partial charge in [0.15, 0.2) is 5.79 Å². The van der Waals surface area contributed by atoms with Crippen molar-refractivity contribution >= 4 is 21.8 Å². The maximum absolute atomic E-state index is 12.2. The monoisotopic (exact) mass is 328 g/mol. The van der Waals surface area contributed by atoms with E-state index >= 15 is 0 Å². The largest absolute Gasteiger partial charge is 0.353 e. The molecule has 1 aromatic carbocycles. The summed E-state index contributed by atoms with van der Waals surface area (Å²) in [7, 11) is 3.16. The third-order valence-corrected chi connectivity index (χ3v) is 4.32. The van der Waals surface area contributed by atoms with Crippen LogP contribution in [0.5, 0.6) is 0 Å². The zero-order chi connectivity index (χ0) is 14.1. The van der Waals surface area contributed by atoms with E-state index in [9.17, 15) is 4.79 Å². The molecule has 1 fully saturated rings. The van der Waals surface area contributed by atoms with E-state index in [-0.39, 0.29) is 5.91 Å². The summed E-state index contributed by atoms with van der Waals surface area (Å²) >= 11 is 3.42. The molecule has 1 aromatic rings. The Kier molecular flexibility index (Phi) is 3.96. The van der Waals surface area contributed by atoms with E-state index in [0.29, 0.717) is 12.8 Å². The summed E-state index contributed by atoms with van der Waals surface area (Å²) in [4.78, 5) is 12.2. The summed E-state index contributed by atoms with van der Waals surface area (Å²) in [5.74, 6) is 4.38. The highest BCUT2D eigenvalue weighted by atomic mass is 79.9. The molecule has 6 heteroatoms. The molecule has 0 bridgehead atoms. The lowest BCUT2D eigenvalue weighted by Crippen LogP contribution is -2.64. The smallest absolute Gasteiger partial charge is 0.244 e. The van der Waals surface area contributed by atoms with Crippen LogP contribution in [0.4, 0.5) is 0 Å². The van der Waals surface area contributed by atoms with Crippen molar-refractivity contribution in [2.75, 3.05) is 14.2 Å². The van der Waals surface area contributed by atoms with E-state index in [2.05, 4.69) is 21.4 Å². The molecule has 5 nitrogen and oxygen atoms in total. The third-order valence-electron chi connectivity index (χ3n) is 3.83. The molecule has 0 aliphatic heterocycles. The molecule has 104 valence electrons. The van der Waals surface area contributed by atoms with Gasteiger partial charge in [0.05, 0.1) is 5.41 Å². The number of nitrogens with one attached hydrogen (secondary N) is 1. The van der Waals surface area contributed by atoms with Gasteiger partial charge in [0.25, 0.3) is 0 Å². The van der Waals surface area contributed by atoms with Gasteiger partial charge in [-0.25, -0.2) is 5.84 Å². The molecular weight excluding hydrogens is 312 g/mol. The Labute approximate surface area is 120 Å². The molecule has 3 N–H and O–H groups in total. The number of methoxy groups -OCH3 is 2. The van der Waals surface area contributed by atoms with Crippen LogP contribution < -0.4 is 11.3 Å². The first-order valence-corrected chi connectivity index (χ1v) is 6.69. The highest BCUT2D eigenvalue weighted by molar-refractivity contribution is 9.10. The van der Waals surface area contributed by atoms with Gasteiger partial charge in [0, 0.05) is 31.5 Å². The second kappa shape index (κ2) is 5.20. The minimum atomic E-state index is -0.713. The molecular formula is C13H17BrN2O3. The topological polar surface area (TPSA) is 73.6 Å². The lowest BCUT2D eigenvalue weighted by atomic mass is 9.60. The highest BCUT2D eigenvalue weighted by Gasteiger charge is 2.61. The van der Waals surface area contributed by atoms with E-state index in [1.54, 1.807) is 14.2 Å². The van der Waals surface area contributed by atoms with Gasteiger partial charge in [-0.05, 0) is 17.7 Å². The first kappa shape index (κ1) is 14.5. The molecule has 0 radical (unpaired) electrons. The fourth-order valence-electron chi connectivity index (χ4n) is 2.66. The van der Waals surface area contributed by atoms with Crippen molar-refractivity contribution in [1.29, 1.82) is 0 Å². The fourth-order valence-corrected chi connectivity index (χ4v) is 3.06. The number of rotatable bonds is 4. The molecule has 1 saturated carbocycles. The molecule has 0 atom stereocenters. The number of carbonyl (C=O) groups is 1. The highest BCUT2D eigenvalue weighted by Crippen LogP contribution is 2.52. The van der Waals surface area contributed by atoms with Crippen LogP contribution in [0.2, 0.25) is 0 Å². The van der Waals surface area contributed by atoms with Crippen molar-refractivity contribution in [3.8, 4) is 0 Å². The fraction of sp³-hybridized carbons (Fsp3) is 0.462. The van der Waals surface area contributed by atoms with E-state index < -0.39 is 11.2 Å². The number of hydrogen-bond acceptors (Lipinski definition) is 4. The van der Waals surface area contributed by atoms with Crippen LogP contribution in [0.1, 0.15) is 18.4 Å². The summed E-state index contributed by atoms with van der Waals surface area (Å²) in [6.07, 6.45) is 0.874. The summed E-state index contributed by atoms with van der Waals surface area (Å²) in [6, 6.07) is 7.64. The second-order valence-electron chi connectivity index (χ2n) is 4.74. The minimum Gasteiger partial charge on any atom is -0.353 e. The van der Waals surface area contributed by atoms with E-state index in [0.717, 1.165) is 10.0 Å². The number of amides is 1. The van der Waals surface area contributed by atoms with E-state index in [4.69, 9.17) is 15.3 Å².